The zero-order chi connectivity index (χ0) is 37.8. The quantitative estimate of drug-likeness (QED) is 0.163. The van der Waals surface area contributed by atoms with Crippen molar-refractivity contribution in [2.24, 2.45) is 0 Å². The molecular formula is C55H37NO. The minimum atomic E-state index is -0.497. The summed E-state index contributed by atoms with van der Waals surface area (Å²) < 4.78 is 6.88. The molecule has 2 nitrogen and oxygen atoms in total. The maximum atomic E-state index is 6.88. The minimum Gasteiger partial charge on any atom is -0.456 e. The Morgan fingerprint density at radius 1 is 0.351 bits per heavy atom. The highest BCUT2D eigenvalue weighted by molar-refractivity contribution is 6.14. The fourth-order valence-electron chi connectivity index (χ4n) is 9.33. The van der Waals surface area contributed by atoms with E-state index in [2.05, 4.69) is 229 Å². The molecule has 0 fully saturated rings. The van der Waals surface area contributed by atoms with Gasteiger partial charge in [-0.05, 0) is 92.5 Å². The molecule has 268 valence electrons. The van der Waals surface area contributed by atoms with Crippen LogP contribution in [0.1, 0.15) is 22.3 Å². The van der Waals surface area contributed by atoms with E-state index in [9.17, 15) is 0 Å². The Morgan fingerprint density at radius 2 is 0.895 bits per heavy atom. The first kappa shape index (κ1) is 33.0. The summed E-state index contributed by atoms with van der Waals surface area (Å²) in [5, 5.41) is 2.21. The molecule has 0 aliphatic heterocycles. The number of fused-ring (bicyclic) bond motifs is 6. The molecule has 1 aliphatic rings. The van der Waals surface area contributed by atoms with Crippen LogP contribution in [0.5, 0.6) is 0 Å². The van der Waals surface area contributed by atoms with Crippen LogP contribution in [0.3, 0.4) is 0 Å². The van der Waals surface area contributed by atoms with Gasteiger partial charge in [0.2, 0.25) is 0 Å². The van der Waals surface area contributed by atoms with Gasteiger partial charge in [0.15, 0.2) is 0 Å². The smallest absolute Gasteiger partial charge is 0.136 e. The van der Waals surface area contributed by atoms with Crippen LogP contribution in [0.25, 0.3) is 55.3 Å². The number of rotatable bonds is 7. The van der Waals surface area contributed by atoms with E-state index < -0.39 is 5.41 Å². The number of hydrogen-bond acceptors (Lipinski definition) is 2. The molecule has 0 N–H and O–H groups in total. The number of hydrogen-bond donors (Lipinski definition) is 0. The normalized spacial score (nSPS) is 12.7. The van der Waals surface area contributed by atoms with Crippen molar-refractivity contribution in [2.75, 3.05) is 4.90 Å². The van der Waals surface area contributed by atoms with Gasteiger partial charge in [-0.15, -0.1) is 0 Å². The topological polar surface area (TPSA) is 16.4 Å². The summed E-state index contributed by atoms with van der Waals surface area (Å²) in [4.78, 5) is 2.36. The summed E-state index contributed by atoms with van der Waals surface area (Å²) in [5.41, 5.74) is 16.7. The predicted octanol–water partition coefficient (Wildman–Crippen LogP) is 14.8. The second kappa shape index (κ2) is 13.4. The summed E-state index contributed by atoms with van der Waals surface area (Å²) >= 11 is 0. The highest BCUT2D eigenvalue weighted by atomic mass is 16.3. The van der Waals surface area contributed by atoms with Gasteiger partial charge in [0, 0.05) is 27.7 Å². The Hall–Kier alpha value is -7.42. The number of benzene rings is 9. The maximum Gasteiger partial charge on any atom is 0.136 e. The van der Waals surface area contributed by atoms with Crippen LogP contribution >= 0.6 is 0 Å². The predicted molar refractivity (Wildman–Crippen MR) is 237 cm³/mol. The van der Waals surface area contributed by atoms with Crippen LogP contribution in [-0.2, 0) is 5.41 Å². The fraction of sp³-hybridized carbons (Fsp3) is 0.0182. The van der Waals surface area contributed by atoms with Gasteiger partial charge in [-0.2, -0.15) is 0 Å². The van der Waals surface area contributed by atoms with E-state index in [0.717, 1.165) is 50.1 Å². The van der Waals surface area contributed by atoms with Crippen LogP contribution in [-0.4, -0.2) is 0 Å². The molecule has 0 saturated heterocycles. The average molecular weight is 728 g/mol. The Morgan fingerprint density at radius 3 is 1.60 bits per heavy atom. The molecule has 2 heteroatoms. The molecule has 1 heterocycles. The third kappa shape index (κ3) is 5.18. The first-order valence-corrected chi connectivity index (χ1v) is 19.6. The van der Waals surface area contributed by atoms with Crippen molar-refractivity contribution < 1.29 is 4.42 Å². The minimum absolute atomic E-state index is 0.497. The second-order valence-electron chi connectivity index (χ2n) is 14.8. The molecule has 9 aromatic carbocycles. The van der Waals surface area contributed by atoms with Crippen molar-refractivity contribution in [1.29, 1.82) is 0 Å². The van der Waals surface area contributed by atoms with E-state index in [1.54, 1.807) is 0 Å². The highest BCUT2D eigenvalue weighted by Gasteiger charge is 2.46. The highest BCUT2D eigenvalue weighted by Crippen LogP contribution is 2.56. The van der Waals surface area contributed by atoms with Gasteiger partial charge in [0.1, 0.15) is 11.2 Å². The van der Waals surface area contributed by atoms with E-state index in [0.29, 0.717) is 0 Å². The lowest BCUT2D eigenvalue weighted by Gasteiger charge is -2.33. The molecule has 10 aromatic rings. The van der Waals surface area contributed by atoms with E-state index in [4.69, 9.17) is 4.42 Å². The SMILES string of the molecule is c1ccc(-c2ccc(N(c3ccccc3)c3ccccc3-c3cccc4oc5cc(C6(c7ccccc7)c7ccccc7-c7ccccc76)ccc5c34)cc2)cc1. The molecule has 0 unspecified atom stereocenters. The van der Waals surface area contributed by atoms with Crippen LogP contribution < -0.4 is 4.90 Å². The van der Waals surface area contributed by atoms with Gasteiger partial charge in [-0.1, -0.05) is 182 Å². The lowest BCUT2D eigenvalue weighted by Crippen LogP contribution is -2.28. The zero-order valence-corrected chi connectivity index (χ0v) is 31.2. The van der Waals surface area contributed by atoms with E-state index in [-0.39, 0.29) is 0 Å². The third-order valence-electron chi connectivity index (χ3n) is 11.8. The molecule has 0 spiro atoms. The maximum absolute atomic E-state index is 6.88. The number of furan rings is 1. The van der Waals surface area contributed by atoms with Gasteiger partial charge in [0.25, 0.3) is 0 Å². The summed E-state index contributed by atoms with van der Waals surface area (Å²) in [6, 6.07) is 80.9. The molecule has 57 heavy (non-hydrogen) atoms. The van der Waals surface area contributed by atoms with Gasteiger partial charge < -0.3 is 9.32 Å². The van der Waals surface area contributed by atoms with E-state index in [1.165, 1.54) is 44.5 Å². The molecule has 11 rings (SSSR count). The third-order valence-corrected chi connectivity index (χ3v) is 11.8. The van der Waals surface area contributed by atoms with E-state index >= 15 is 0 Å². The van der Waals surface area contributed by atoms with Gasteiger partial charge in [-0.3, -0.25) is 0 Å². The fourth-order valence-corrected chi connectivity index (χ4v) is 9.33. The van der Waals surface area contributed by atoms with Crippen molar-refractivity contribution in [3.8, 4) is 33.4 Å². The molecule has 0 atom stereocenters. The largest absolute Gasteiger partial charge is 0.456 e. The Balaban J connectivity index is 1.10. The van der Waals surface area contributed by atoms with Crippen molar-refractivity contribution in [1.82, 2.24) is 0 Å². The van der Waals surface area contributed by atoms with Crippen molar-refractivity contribution in [3.05, 3.63) is 247 Å². The van der Waals surface area contributed by atoms with Gasteiger partial charge >= 0.3 is 0 Å². The number of nitrogens with zero attached hydrogens (tertiary/aromatic N) is 1. The van der Waals surface area contributed by atoms with Crippen molar-refractivity contribution >= 4 is 39.0 Å². The molecule has 0 radical (unpaired) electrons. The lowest BCUT2D eigenvalue weighted by atomic mass is 9.67. The summed E-state index contributed by atoms with van der Waals surface area (Å²) in [5.74, 6) is 0. The first-order chi connectivity index (χ1) is 28.3. The van der Waals surface area contributed by atoms with Crippen molar-refractivity contribution in [3.63, 3.8) is 0 Å². The monoisotopic (exact) mass is 727 g/mol. The zero-order valence-electron chi connectivity index (χ0n) is 31.2. The Kier molecular flexibility index (Phi) is 7.75. The standard InChI is InChI=1S/C55H37NO/c1-4-17-38(18-5-1)39-31-34-43(35-32-39)56(42-21-8-3-9-22-42)51-29-15-12-25-46(51)47-26-16-30-52-54(47)48-36-33-41(37-53(48)57-52)55(40-19-6-2-7-20-40)49-27-13-10-23-44(49)45-24-11-14-28-50(45)55/h1-37H. The summed E-state index contributed by atoms with van der Waals surface area (Å²) in [7, 11) is 0. The number of para-hydroxylation sites is 2. The first-order valence-electron chi connectivity index (χ1n) is 19.6. The molecule has 0 saturated carbocycles. The van der Waals surface area contributed by atoms with Crippen LogP contribution in [0.4, 0.5) is 17.1 Å². The summed E-state index contributed by atoms with van der Waals surface area (Å²) in [6.07, 6.45) is 0. The molecule has 1 aliphatic carbocycles. The van der Waals surface area contributed by atoms with E-state index in [1.807, 2.05) is 0 Å². The second-order valence-corrected chi connectivity index (χ2v) is 14.8. The Bertz CT molecular complexity index is 3010. The summed E-state index contributed by atoms with van der Waals surface area (Å²) in [6.45, 7) is 0. The molecule has 1 aromatic heterocycles. The molecule has 0 bridgehead atoms. The number of anilines is 3. The molecular weight excluding hydrogens is 691 g/mol. The lowest BCUT2D eigenvalue weighted by molar-refractivity contribution is 0.665. The van der Waals surface area contributed by atoms with Crippen LogP contribution in [0, 0.1) is 0 Å². The van der Waals surface area contributed by atoms with Gasteiger partial charge in [0.05, 0.1) is 11.1 Å². The van der Waals surface area contributed by atoms with Gasteiger partial charge in [-0.25, -0.2) is 0 Å². The van der Waals surface area contributed by atoms with Crippen LogP contribution in [0.15, 0.2) is 229 Å². The Labute approximate surface area is 332 Å². The molecule has 0 amide bonds. The van der Waals surface area contributed by atoms with Crippen molar-refractivity contribution in [2.45, 2.75) is 5.41 Å². The van der Waals surface area contributed by atoms with Crippen LogP contribution in [0.2, 0.25) is 0 Å². The average Bonchev–Trinajstić information content (AvgIpc) is 3.82.